The Kier molecular flexibility index (Phi) is 8.50. The summed E-state index contributed by atoms with van der Waals surface area (Å²) in [5.41, 5.74) is 0. The van der Waals surface area contributed by atoms with Gasteiger partial charge in [-0.05, 0) is 30.7 Å². The average Bonchev–Trinajstić information content (AvgIpc) is 3.07. The lowest BCUT2D eigenvalue weighted by atomic mass is 10.3. The maximum absolute atomic E-state index is 12.2. The predicted molar refractivity (Wildman–Crippen MR) is 107 cm³/mol. The van der Waals surface area contributed by atoms with Crippen LogP contribution < -0.4 is 10.1 Å². The Morgan fingerprint density at radius 3 is 2.84 bits per heavy atom. The monoisotopic (exact) mass is 444 g/mol. The van der Waals surface area contributed by atoms with Crippen molar-refractivity contribution in [1.29, 1.82) is 0 Å². The van der Waals surface area contributed by atoms with Crippen molar-refractivity contribution >= 4 is 50.1 Å². The average molecular weight is 445 g/mol. The normalized spacial score (nSPS) is 10.5. The number of rotatable bonds is 10. The zero-order valence-electron chi connectivity index (χ0n) is 14.2. The highest BCUT2D eigenvalue weighted by Crippen LogP contribution is 2.25. The SMILES string of the molecule is CCCNc1nnc(SCC(=O)N(C)CCOc2ccc(Br)cc2)s1. The van der Waals surface area contributed by atoms with Crippen LogP contribution in [0.15, 0.2) is 33.1 Å². The fourth-order valence-corrected chi connectivity index (χ4v) is 3.74. The molecule has 136 valence electrons. The van der Waals surface area contributed by atoms with E-state index in [1.807, 2.05) is 24.3 Å². The minimum Gasteiger partial charge on any atom is -0.492 e. The number of likely N-dealkylation sites (N-methyl/N-ethyl adjacent to an activating group) is 1. The first-order valence-corrected chi connectivity index (χ1v) is 10.5. The van der Waals surface area contributed by atoms with E-state index >= 15 is 0 Å². The molecule has 0 atom stereocenters. The third-order valence-electron chi connectivity index (χ3n) is 3.19. The van der Waals surface area contributed by atoms with Gasteiger partial charge in [-0.2, -0.15) is 0 Å². The van der Waals surface area contributed by atoms with E-state index in [1.54, 1.807) is 11.9 Å². The molecule has 0 aliphatic carbocycles. The largest absolute Gasteiger partial charge is 0.492 e. The molecule has 1 aromatic heterocycles. The van der Waals surface area contributed by atoms with E-state index < -0.39 is 0 Å². The number of benzene rings is 1. The molecule has 0 fully saturated rings. The van der Waals surface area contributed by atoms with Crippen LogP contribution in [0.2, 0.25) is 0 Å². The van der Waals surface area contributed by atoms with Gasteiger partial charge < -0.3 is 15.0 Å². The third-order valence-corrected chi connectivity index (χ3v) is 5.71. The van der Waals surface area contributed by atoms with Gasteiger partial charge in [0.1, 0.15) is 12.4 Å². The van der Waals surface area contributed by atoms with Gasteiger partial charge in [-0.15, -0.1) is 10.2 Å². The zero-order chi connectivity index (χ0) is 18.1. The van der Waals surface area contributed by atoms with Gasteiger partial charge in [-0.1, -0.05) is 46.0 Å². The lowest BCUT2D eigenvalue weighted by Gasteiger charge is -2.17. The number of amides is 1. The maximum Gasteiger partial charge on any atom is 0.232 e. The van der Waals surface area contributed by atoms with E-state index in [9.17, 15) is 4.79 Å². The molecule has 0 unspecified atom stereocenters. The molecule has 2 rings (SSSR count). The molecule has 9 heteroatoms. The van der Waals surface area contributed by atoms with Crippen LogP contribution in [0.25, 0.3) is 0 Å². The van der Waals surface area contributed by atoms with E-state index in [2.05, 4.69) is 38.4 Å². The quantitative estimate of drug-likeness (QED) is 0.562. The summed E-state index contributed by atoms with van der Waals surface area (Å²) in [4.78, 5) is 13.8. The molecule has 1 amide bonds. The summed E-state index contributed by atoms with van der Waals surface area (Å²) in [6.45, 7) is 3.96. The summed E-state index contributed by atoms with van der Waals surface area (Å²) in [5.74, 6) is 1.18. The topological polar surface area (TPSA) is 67.4 Å². The number of nitrogens with zero attached hydrogens (tertiary/aromatic N) is 3. The second-order valence-electron chi connectivity index (χ2n) is 5.21. The number of anilines is 1. The zero-order valence-corrected chi connectivity index (χ0v) is 17.4. The van der Waals surface area contributed by atoms with Gasteiger partial charge in [0, 0.05) is 18.1 Å². The summed E-state index contributed by atoms with van der Waals surface area (Å²) in [6.07, 6.45) is 1.04. The van der Waals surface area contributed by atoms with Crippen molar-refractivity contribution in [3.05, 3.63) is 28.7 Å². The summed E-state index contributed by atoms with van der Waals surface area (Å²) in [5, 5.41) is 12.1. The Bertz CT molecular complexity index is 666. The Labute approximate surface area is 164 Å². The first-order chi connectivity index (χ1) is 12.1. The molecule has 0 aliphatic rings. The van der Waals surface area contributed by atoms with Crippen molar-refractivity contribution in [2.75, 3.05) is 37.8 Å². The van der Waals surface area contributed by atoms with Crippen LogP contribution in [-0.4, -0.2) is 53.5 Å². The molecule has 0 saturated heterocycles. The van der Waals surface area contributed by atoms with Crippen LogP contribution in [0.1, 0.15) is 13.3 Å². The number of ether oxygens (including phenoxy) is 1. The molecule has 0 radical (unpaired) electrons. The number of aromatic nitrogens is 2. The number of halogens is 1. The number of carbonyl (C=O) groups is 1. The molecule has 25 heavy (non-hydrogen) atoms. The number of hydrogen-bond donors (Lipinski definition) is 1. The lowest BCUT2D eigenvalue weighted by molar-refractivity contribution is -0.127. The second kappa shape index (κ2) is 10.6. The van der Waals surface area contributed by atoms with Crippen LogP contribution >= 0.6 is 39.0 Å². The molecule has 0 spiro atoms. The van der Waals surface area contributed by atoms with E-state index in [1.165, 1.54) is 23.1 Å². The maximum atomic E-state index is 12.2. The molecule has 0 bridgehead atoms. The highest BCUT2D eigenvalue weighted by Gasteiger charge is 2.12. The van der Waals surface area contributed by atoms with Gasteiger partial charge >= 0.3 is 0 Å². The number of hydrogen-bond acceptors (Lipinski definition) is 7. The van der Waals surface area contributed by atoms with Crippen LogP contribution in [0.3, 0.4) is 0 Å². The van der Waals surface area contributed by atoms with E-state index in [0.717, 1.165) is 32.7 Å². The van der Waals surface area contributed by atoms with E-state index in [0.29, 0.717) is 18.9 Å². The van der Waals surface area contributed by atoms with Crippen molar-refractivity contribution in [2.45, 2.75) is 17.7 Å². The van der Waals surface area contributed by atoms with E-state index in [4.69, 9.17) is 4.74 Å². The van der Waals surface area contributed by atoms with Crippen LogP contribution in [0, 0.1) is 0 Å². The van der Waals surface area contributed by atoms with Gasteiger partial charge in [0.05, 0.1) is 12.3 Å². The summed E-state index contributed by atoms with van der Waals surface area (Å²) in [6, 6.07) is 7.63. The number of thioether (sulfide) groups is 1. The molecular weight excluding hydrogens is 424 g/mol. The lowest BCUT2D eigenvalue weighted by Crippen LogP contribution is -2.32. The third kappa shape index (κ3) is 7.21. The minimum absolute atomic E-state index is 0.0441. The fourth-order valence-electron chi connectivity index (χ4n) is 1.76. The summed E-state index contributed by atoms with van der Waals surface area (Å²) >= 11 is 6.27. The molecule has 2 aromatic rings. The fraction of sp³-hybridized carbons (Fsp3) is 0.438. The van der Waals surface area contributed by atoms with Crippen molar-refractivity contribution in [1.82, 2.24) is 15.1 Å². The standard InChI is InChI=1S/C16H21BrN4O2S2/c1-3-8-18-15-19-20-16(25-15)24-11-14(22)21(2)9-10-23-13-6-4-12(17)5-7-13/h4-7H,3,8-11H2,1-2H3,(H,18,19). The highest BCUT2D eigenvalue weighted by atomic mass is 79.9. The molecule has 1 aromatic carbocycles. The van der Waals surface area contributed by atoms with Crippen molar-refractivity contribution in [3.8, 4) is 5.75 Å². The van der Waals surface area contributed by atoms with Crippen LogP contribution in [0.5, 0.6) is 5.75 Å². The molecular formula is C16H21BrN4O2S2. The highest BCUT2D eigenvalue weighted by molar-refractivity contribution is 9.10. The first-order valence-electron chi connectivity index (χ1n) is 7.91. The Balaban J connectivity index is 1.67. The van der Waals surface area contributed by atoms with Crippen molar-refractivity contribution in [2.24, 2.45) is 0 Å². The molecule has 1 heterocycles. The molecule has 0 saturated carbocycles. The Hall–Kier alpha value is -1.32. The van der Waals surface area contributed by atoms with Crippen molar-refractivity contribution in [3.63, 3.8) is 0 Å². The van der Waals surface area contributed by atoms with Gasteiger partial charge in [0.15, 0.2) is 4.34 Å². The molecule has 6 nitrogen and oxygen atoms in total. The van der Waals surface area contributed by atoms with Gasteiger partial charge in [-0.25, -0.2) is 0 Å². The Morgan fingerprint density at radius 1 is 1.36 bits per heavy atom. The van der Waals surface area contributed by atoms with Gasteiger partial charge in [0.25, 0.3) is 0 Å². The van der Waals surface area contributed by atoms with Crippen LogP contribution in [0.4, 0.5) is 5.13 Å². The van der Waals surface area contributed by atoms with Crippen molar-refractivity contribution < 1.29 is 9.53 Å². The second-order valence-corrected chi connectivity index (χ2v) is 8.32. The molecule has 0 aliphatic heterocycles. The van der Waals surface area contributed by atoms with E-state index in [-0.39, 0.29) is 5.91 Å². The Morgan fingerprint density at radius 2 is 2.12 bits per heavy atom. The predicted octanol–water partition coefficient (Wildman–Crippen LogP) is 3.75. The summed E-state index contributed by atoms with van der Waals surface area (Å²) in [7, 11) is 1.78. The minimum atomic E-state index is 0.0441. The van der Waals surface area contributed by atoms with Gasteiger partial charge in [-0.3, -0.25) is 4.79 Å². The van der Waals surface area contributed by atoms with Crippen LogP contribution in [-0.2, 0) is 4.79 Å². The number of carbonyl (C=O) groups excluding carboxylic acids is 1. The number of nitrogens with one attached hydrogen (secondary N) is 1. The molecule has 1 N–H and O–H groups in total. The summed E-state index contributed by atoms with van der Waals surface area (Å²) < 4.78 is 7.44. The van der Waals surface area contributed by atoms with Gasteiger partial charge in [0.2, 0.25) is 11.0 Å². The smallest absolute Gasteiger partial charge is 0.232 e. The first kappa shape index (κ1) is 20.0.